The van der Waals surface area contributed by atoms with Crippen molar-refractivity contribution in [1.82, 2.24) is 4.90 Å². The van der Waals surface area contributed by atoms with Crippen LogP contribution in [0.1, 0.15) is 51.9 Å². The minimum Gasteiger partial charge on any atom is -0.328 e. The molecular formula is C14H28N2. The zero-order valence-electron chi connectivity index (χ0n) is 11.0. The van der Waals surface area contributed by atoms with Crippen LogP contribution >= 0.6 is 0 Å². The second-order valence-electron chi connectivity index (χ2n) is 6.06. The van der Waals surface area contributed by atoms with Crippen LogP contribution in [0.5, 0.6) is 0 Å². The normalized spacial score (nSPS) is 39.8. The molecule has 0 aromatic carbocycles. The molecule has 2 unspecified atom stereocenters. The van der Waals surface area contributed by atoms with Crippen molar-refractivity contribution in [3.63, 3.8) is 0 Å². The molecule has 0 aromatic rings. The van der Waals surface area contributed by atoms with Crippen LogP contribution in [0.15, 0.2) is 0 Å². The fraction of sp³-hybridized carbons (Fsp3) is 1.00. The van der Waals surface area contributed by atoms with Gasteiger partial charge in [0, 0.05) is 18.6 Å². The third kappa shape index (κ3) is 2.78. The lowest BCUT2D eigenvalue weighted by molar-refractivity contribution is 0.0866. The molecule has 2 heteroatoms. The van der Waals surface area contributed by atoms with E-state index in [1.54, 1.807) is 0 Å². The Bertz CT molecular complexity index is 211. The number of hydrogen-bond acceptors (Lipinski definition) is 2. The molecule has 0 aliphatic heterocycles. The zero-order valence-corrected chi connectivity index (χ0v) is 11.0. The quantitative estimate of drug-likeness (QED) is 0.795. The van der Waals surface area contributed by atoms with Gasteiger partial charge in [0.15, 0.2) is 0 Å². The van der Waals surface area contributed by atoms with Gasteiger partial charge in [0.2, 0.25) is 0 Å². The van der Waals surface area contributed by atoms with Gasteiger partial charge in [-0.05, 0) is 44.6 Å². The molecule has 2 atom stereocenters. The van der Waals surface area contributed by atoms with Crippen molar-refractivity contribution in [2.24, 2.45) is 17.6 Å². The average molecular weight is 224 g/mol. The van der Waals surface area contributed by atoms with Gasteiger partial charge in [0.1, 0.15) is 0 Å². The Hall–Kier alpha value is -0.0800. The highest BCUT2D eigenvalue weighted by molar-refractivity contribution is 4.87. The molecule has 2 fully saturated rings. The molecule has 2 nitrogen and oxygen atoms in total. The summed E-state index contributed by atoms with van der Waals surface area (Å²) in [7, 11) is 2.34. The Morgan fingerprint density at radius 3 is 2.50 bits per heavy atom. The third-order valence-electron chi connectivity index (χ3n) is 4.78. The van der Waals surface area contributed by atoms with Gasteiger partial charge in [-0.1, -0.05) is 26.2 Å². The van der Waals surface area contributed by atoms with Crippen LogP contribution in [0, 0.1) is 11.8 Å². The van der Waals surface area contributed by atoms with Crippen molar-refractivity contribution in [3.05, 3.63) is 0 Å². The summed E-state index contributed by atoms with van der Waals surface area (Å²) in [5, 5.41) is 0. The SMILES string of the molecule is CCC1CCCCC1N(C)CC1CC(N)C1. The Morgan fingerprint density at radius 2 is 1.88 bits per heavy atom. The van der Waals surface area contributed by atoms with E-state index in [-0.39, 0.29) is 0 Å². The highest BCUT2D eigenvalue weighted by Crippen LogP contribution is 2.33. The highest BCUT2D eigenvalue weighted by atomic mass is 15.1. The molecule has 0 aromatic heterocycles. The number of rotatable bonds is 4. The van der Waals surface area contributed by atoms with Crippen LogP contribution in [0.2, 0.25) is 0 Å². The average Bonchev–Trinajstić information content (AvgIpc) is 2.27. The number of nitrogens with two attached hydrogens (primary N) is 1. The zero-order chi connectivity index (χ0) is 11.5. The molecule has 0 spiro atoms. The van der Waals surface area contributed by atoms with E-state index in [1.807, 2.05) is 0 Å². The van der Waals surface area contributed by atoms with E-state index in [0.29, 0.717) is 6.04 Å². The first-order valence-electron chi connectivity index (χ1n) is 7.16. The van der Waals surface area contributed by atoms with Crippen molar-refractivity contribution >= 4 is 0 Å². The molecule has 94 valence electrons. The van der Waals surface area contributed by atoms with Crippen molar-refractivity contribution in [1.29, 1.82) is 0 Å². The maximum absolute atomic E-state index is 5.86. The molecule has 0 radical (unpaired) electrons. The van der Waals surface area contributed by atoms with E-state index < -0.39 is 0 Å². The summed E-state index contributed by atoms with van der Waals surface area (Å²) in [6.07, 6.45) is 9.65. The molecule has 0 saturated heterocycles. The third-order valence-corrected chi connectivity index (χ3v) is 4.78. The Morgan fingerprint density at radius 1 is 1.19 bits per heavy atom. The Balaban J connectivity index is 1.79. The molecule has 0 amide bonds. The number of nitrogens with zero attached hydrogens (tertiary/aromatic N) is 1. The molecular weight excluding hydrogens is 196 g/mol. The van der Waals surface area contributed by atoms with Crippen molar-refractivity contribution < 1.29 is 0 Å². The fourth-order valence-corrected chi connectivity index (χ4v) is 3.72. The molecule has 2 rings (SSSR count). The van der Waals surface area contributed by atoms with Crippen molar-refractivity contribution in [2.75, 3.05) is 13.6 Å². The number of hydrogen-bond donors (Lipinski definition) is 1. The van der Waals surface area contributed by atoms with E-state index in [4.69, 9.17) is 5.73 Å². The van der Waals surface area contributed by atoms with Crippen LogP contribution in [0.4, 0.5) is 0 Å². The van der Waals surface area contributed by atoms with Crippen molar-refractivity contribution in [3.8, 4) is 0 Å². The molecule has 2 N–H and O–H groups in total. The maximum Gasteiger partial charge on any atom is 0.0120 e. The molecule has 0 heterocycles. The minimum atomic E-state index is 0.506. The predicted molar refractivity (Wildman–Crippen MR) is 69.4 cm³/mol. The van der Waals surface area contributed by atoms with E-state index in [0.717, 1.165) is 17.9 Å². The lowest BCUT2D eigenvalue weighted by Crippen LogP contribution is -2.47. The summed E-state index contributed by atoms with van der Waals surface area (Å²) >= 11 is 0. The Labute approximate surface area is 101 Å². The monoisotopic (exact) mass is 224 g/mol. The summed E-state index contributed by atoms with van der Waals surface area (Å²) in [5.41, 5.74) is 5.86. The largest absolute Gasteiger partial charge is 0.328 e. The van der Waals surface area contributed by atoms with Crippen LogP contribution in [-0.4, -0.2) is 30.6 Å². The highest BCUT2D eigenvalue weighted by Gasteiger charge is 2.31. The van der Waals surface area contributed by atoms with Gasteiger partial charge in [-0.25, -0.2) is 0 Å². The summed E-state index contributed by atoms with van der Waals surface area (Å²) in [4.78, 5) is 2.64. The van der Waals surface area contributed by atoms with Gasteiger partial charge in [-0.2, -0.15) is 0 Å². The summed E-state index contributed by atoms with van der Waals surface area (Å²) in [6.45, 7) is 3.64. The molecule has 2 aliphatic rings. The second-order valence-corrected chi connectivity index (χ2v) is 6.06. The maximum atomic E-state index is 5.86. The van der Waals surface area contributed by atoms with Crippen LogP contribution in [-0.2, 0) is 0 Å². The van der Waals surface area contributed by atoms with Crippen LogP contribution < -0.4 is 5.73 Å². The van der Waals surface area contributed by atoms with E-state index in [2.05, 4.69) is 18.9 Å². The van der Waals surface area contributed by atoms with Gasteiger partial charge in [0.25, 0.3) is 0 Å². The minimum absolute atomic E-state index is 0.506. The lowest BCUT2D eigenvalue weighted by Gasteiger charge is -2.42. The van der Waals surface area contributed by atoms with E-state index in [9.17, 15) is 0 Å². The molecule has 2 saturated carbocycles. The first kappa shape index (κ1) is 12.4. The van der Waals surface area contributed by atoms with Gasteiger partial charge in [-0.3, -0.25) is 0 Å². The van der Waals surface area contributed by atoms with Gasteiger partial charge < -0.3 is 10.6 Å². The predicted octanol–water partition coefficient (Wildman–Crippen LogP) is 2.62. The first-order valence-corrected chi connectivity index (χ1v) is 7.16. The molecule has 2 aliphatic carbocycles. The second kappa shape index (κ2) is 5.50. The van der Waals surface area contributed by atoms with E-state index >= 15 is 0 Å². The standard InChI is InChI=1S/C14H28N2/c1-3-12-6-4-5-7-14(12)16(2)10-11-8-13(15)9-11/h11-14H,3-10,15H2,1-2H3. The van der Waals surface area contributed by atoms with Crippen molar-refractivity contribution in [2.45, 2.75) is 64.0 Å². The Kier molecular flexibility index (Phi) is 4.26. The smallest absolute Gasteiger partial charge is 0.0120 e. The van der Waals surface area contributed by atoms with Crippen LogP contribution in [0.25, 0.3) is 0 Å². The molecule has 0 bridgehead atoms. The van der Waals surface area contributed by atoms with Gasteiger partial charge in [-0.15, -0.1) is 0 Å². The summed E-state index contributed by atoms with van der Waals surface area (Å²) in [6, 6.07) is 1.36. The summed E-state index contributed by atoms with van der Waals surface area (Å²) < 4.78 is 0. The van der Waals surface area contributed by atoms with Crippen LogP contribution in [0.3, 0.4) is 0 Å². The molecule has 16 heavy (non-hydrogen) atoms. The summed E-state index contributed by atoms with van der Waals surface area (Å²) in [5.74, 6) is 1.84. The van der Waals surface area contributed by atoms with Gasteiger partial charge in [0.05, 0.1) is 0 Å². The lowest BCUT2D eigenvalue weighted by atomic mass is 9.78. The fourth-order valence-electron chi connectivity index (χ4n) is 3.72. The topological polar surface area (TPSA) is 29.3 Å². The van der Waals surface area contributed by atoms with Gasteiger partial charge >= 0.3 is 0 Å². The van der Waals surface area contributed by atoms with E-state index in [1.165, 1.54) is 51.5 Å². The first-order chi connectivity index (χ1) is 7.70.